The number of thiophene rings is 1. The van der Waals surface area contributed by atoms with Crippen molar-refractivity contribution in [1.82, 2.24) is 10.2 Å². The molecule has 1 aliphatic heterocycles. The van der Waals surface area contributed by atoms with Gasteiger partial charge in [0.25, 0.3) is 0 Å². The number of nitrogens with zero attached hydrogens (tertiary/aromatic N) is 1. The Morgan fingerprint density at radius 2 is 2.25 bits per heavy atom. The lowest BCUT2D eigenvalue weighted by Crippen LogP contribution is -2.34. The second kappa shape index (κ2) is 4.92. The first kappa shape index (κ1) is 14.2. The Bertz CT molecular complexity index is 499. The predicted octanol–water partition coefficient (Wildman–Crippen LogP) is 2.96. The van der Waals surface area contributed by atoms with Crippen LogP contribution in [-0.4, -0.2) is 34.2 Å². The van der Waals surface area contributed by atoms with E-state index in [1.54, 1.807) is 4.90 Å². The van der Waals surface area contributed by atoms with Crippen molar-refractivity contribution < 1.29 is 18.0 Å². The van der Waals surface area contributed by atoms with Gasteiger partial charge in [-0.3, -0.25) is 10.1 Å². The third kappa shape index (κ3) is 2.68. The van der Waals surface area contributed by atoms with Crippen molar-refractivity contribution in [1.29, 1.82) is 0 Å². The summed E-state index contributed by atoms with van der Waals surface area (Å²) in [6, 6.07) is 3.79. The molecule has 8 heteroatoms. The first-order chi connectivity index (χ1) is 9.41. The molecule has 3 rings (SSSR count). The van der Waals surface area contributed by atoms with E-state index in [1.165, 1.54) is 11.3 Å². The molecular formula is C12H13F3N2OS2. The summed E-state index contributed by atoms with van der Waals surface area (Å²) >= 11 is 1.43. The second-order valence-corrected chi connectivity index (χ2v) is 7.08. The fourth-order valence-electron chi connectivity index (χ4n) is 2.44. The standard InChI is InChI=1S/C12H13F3N2OS2/c13-12(14,15)20-7-5-17-9(8-2-1-6-19-8)16-11(3-4-11)10(17)18/h1-2,6,9,16H,3-5,7H2. The molecule has 0 aromatic carbocycles. The van der Waals surface area contributed by atoms with Gasteiger partial charge < -0.3 is 4.90 Å². The molecule has 3 nitrogen and oxygen atoms in total. The van der Waals surface area contributed by atoms with Gasteiger partial charge >= 0.3 is 5.51 Å². The number of rotatable bonds is 4. The first-order valence-corrected chi connectivity index (χ1v) is 8.11. The van der Waals surface area contributed by atoms with Crippen LogP contribution in [0.1, 0.15) is 23.9 Å². The molecule has 2 aliphatic rings. The summed E-state index contributed by atoms with van der Waals surface area (Å²) in [6.45, 7) is 0.111. The molecule has 1 spiro atoms. The van der Waals surface area contributed by atoms with E-state index in [-0.39, 0.29) is 36.1 Å². The maximum atomic E-state index is 12.3. The van der Waals surface area contributed by atoms with Crippen LogP contribution in [0.5, 0.6) is 0 Å². The highest BCUT2D eigenvalue weighted by Crippen LogP contribution is 2.46. The van der Waals surface area contributed by atoms with E-state index in [4.69, 9.17) is 0 Å². The molecule has 1 unspecified atom stereocenters. The van der Waals surface area contributed by atoms with Crippen molar-refractivity contribution in [2.75, 3.05) is 12.3 Å². The first-order valence-electron chi connectivity index (χ1n) is 6.24. The van der Waals surface area contributed by atoms with Crippen LogP contribution in [0.15, 0.2) is 17.5 Å². The van der Waals surface area contributed by atoms with Crippen molar-refractivity contribution in [2.24, 2.45) is 0 Å². The van der Waals surface area contributed by atoms with Crippen molar-refractivity contribution >= 4 is 29.0 Å². The van der Waals surface area contributed by atoms with Crippen molar-refractivity contribution in [3.05, 3.63) is 22.4 Å². The van der Waals surface area contributed by atoms with Gasteiger partial charge in [0, 0.05) is 17.2 Å². The van der Waals surface area contributed by atoms with Gasteiger partial charge in [0.2, 0.25) is 5.91 Å². The second-order valence-electron chi connectivity index (χ2n) is 4.94. The SMILES string of the molecule is O=C1N(CCSC(F)(F)F)C(c2cccs2)NC12CC2. The molecule has 2 fully saturated rings. The van der Waals surface area contributed by atoms with Gasteiger partial charge in [-0.05, 0) is 36.0 Å². The van der Waals surface area contributed by atoms with Crippen LogP contribution in [-0.2, 0) is 4.79 Å². The zero-order valence-electron chi connectivity index (χ0n) is 10.4. The Hall–Kier alpha value is -0.730. The summed E-state index contributed by atoms with van der Waals surface area (Å²) < 4.78 is 36.6. The van der Waals surface area contributed by atoms with E-state index in [9.17, 15) is 18.0 Å². The van der Waals surface area contributed by atoms with Gasteiger partial charge in [-0.15, -0.1) is 11.3 Å². The van der Waals surface area contributed by atoms with Gasteiger partial charge in [-0.2, -0.15) is 13.2 Å². The largest absolute Gasteiger partial charge is 0.441 e. The molecule has 110 valence electrons. The van der Waals surface area contributed by atoms with E-state index in [0.29, 0.717) is 0 Å². The minimum absolute atomic E-state index is 0.0568. The molecule has 1 amide bonds. The van der Waals surface area contributed by atoms with Crippen LogP contribution < -0.4 is 5.32 Å². The minimum Gasteiger partial charge on any atom is -0.320 e. The third-order valence-electron chi connectivity index (χ3n) is 3.56. The highest BCUT2D eigenvalue weighted by Gasteiger charge is 2.59. The average molecular weight is 322 g/mol. The van der Waals surface area contributed by atoms with Crippen molar-refractivity contribution in [3.63, 3.8) is 0 Å². The Morgan fingerprint density at radius 3 is 2.80 bits per heavy atom. The fraction of sp³-hybridized carbons (Fsp3) is 0.583. The van der Waals surface area contributed by atoms with E-state index in [2.05, 4.69) is 5.32 Å². The lowest BCUT2D eigenvalue weighted by molar-refractivity contribution is -0.130. The summed E-state index contributed by atoms with van der Waals surface area (Å²) in [4.78, 5) is 14.9. The molecule has 1 aromatic rings. The Kier molecular flexibility index (Phi) is 3.50. The van der Waals surface area contributed by atoms with Crippen LogP contribution in [0.4, 0.5) is 13.2 Å². The topological polar surface area (TPSA) is 32.3 Å². The molecule has 1 N–H and O–H groups in total. The summed E-state index contributed by atoms with van der Waals surface area (Å²) in [7, 11) is 0. The average Bonchev–Trinajstić information content (AvgIpc) is 2.83. The Labute approximate surface area is 122 Å². The normalized spacial score (nSPS) is 24.6. The molecule has 1 aliphatic carbocycles. The van der Waals surface area contributed by atoms with E-state index < -0.39 is 11.0 Å². The van der Waals surface area contributed by atoms with E-state index in [0.717, 1.165) is 17.7 Å². The van der Waals surface area contributed by atoms with Gasteiger partial charge in [0.1, 0.15) is 11.7 Å². The maximum Gasteiger partial charge on any atom is 0.441 e. The molecule has 1 saturated carbocycles. The smallest absolute Gasteiger partial charge is 0.320 e. The quantitative estimate of drug-likeness (QED) is 0.925. The molecule has 1 aromatic heterocycles. The van der Waals surface area contributed by atoms with E-state index in [1.807, 2.05) is 17.5 Å². The summed E-state index contributed by atoms with van der Waals surface area (Å²) in [6.07, 6.45) is 1.27. The van der Waals surface area contributed by atoms with Gasteiger partial charge in [-0.1, -0.05) is 6.07 Å². The summed E-state index contributed by atoms with van der Waals surface area (Å²) in [5, 5.41) is 5.19. The fourth-order valence-corrected chi connectivity index (χ4v) is 3.74. The van der Waals surface area contributed by atoms with Crippen molar-refractivity contribution in [2.45, 2.75) is 30.1 Å². The molecule has 0 bridgehead atoms. The van der Waals surface area contributed by atoms with E-state index >= 15 is 0 Å². The molecule has 20 heavy (non-hydrogen) atoms. The minimum atomic E-state index is -4.24. The number of carbonyl (C=O) groups is 1. The van der Waals surface area contributed by atoms with Crippen LogP contribution in [0.3, 0.4) is 0 Å². The Balaban J connectivity index is 1.70. The number of nitrogens with one attached hydrogen (secondary N) is 1. The number of alkyl halides is 3. The van der Waals surface area contributed by atoms with Gasteiger partial charge in [0.05, 0.1) is 0 Å². The van der Waals surface area contributed by atoms with Crippen LogP contribution in [0.25, 0.3) is 0 Å². The number of carbonyl (C=O) groups excluding carboxylic acids is 1. The highest BCUT2D eigenvalue weighted by atomic mass is 32.2. The zero-order chi connectivity index (χ0) is 14.4. The number of hydrogen-bond acceptors (Lipinski definition) is 4. The molecule has 0 radical (unpaired) electrons. The number of amides is 1. The highest BCUT2D eigenvalue weighted by molar-refractivity contribution is 8.00. The molecular weight excluding hydrogens is 309 g/mol. The van der Waals surface area contributed by atoms with Crippen LogP contribution >= 0.6 is 23.1 Å². The summed E-state index contributed by atoms with van der Waals surface area (Å²) in [5.74, 6) is -0.187. The predicted molar refractivity (Wildman–Crippen MR) is 72.4 cm³/mol. The molecule has 1 atom stereocenters. The van der Waals surface area contributed by atoms with Gasteiger partial charge in [0.15, 0.2) is 0 Å². The Morgan fingerprint density at radius 1 is 1.50 bits per heavy atom. The number of thioether (sulfide) groups is 1. The molecule has 1 saturated heterocycles. The monoisotopic (exact) mass is 322 g/mol. The third-order valence-corrected chi connectivity index (χ3v) is 5.19. The summed E-state index contributed by atoms with van der Waals surface area (Å²) in [5.41, 5.74) is -4.75. The number of halogens is 3. The van der Waals surface area contributed by atoms with Crippen LogP contribution in [0.2, 0.25) is 0 Å². The molecule has 2 heterocycles. The van der Waals surface area contributed by atoms with Crippen LogP contribution in [0, 0.1) is 0 Å². The maximum absolute atomic E-state index is 12.3. The van der Waals surface area contributed by atoms with Crippen molar-refractivity contribution in [3.8, 4) is 0 Å². The lowest BCUT2D eigenvalue weighted by Gasteiger charge is -2.23. The number of hydrogen-bond donors (Lipinski definition) is 1. The lowest BCUT2D eigenvalue weighted by atomic mass is 10.3. The zero-order valence-corrected chi connectivity index (χ0v) is 12.1. The van der Waals surface area contributed by atoms with Gasteiger partial charge in [-0.25, -0.2) is 0 Å².